The molecule has 0 aromatic carbocycles. The van der Waals surface area contributed by atoms with Gasteiger partial charge in [0.1, 0.15) is 0 Å². The monoisotopic (exact) mass is 177 g/mol. The second kappa shape index (κ2) is 2.57. The molecule has 0 radical (unpaired) electrons. The average molecular weight is 177 g/mol. The van der Waals surface area contributed by atoms with E-state index in [0.717, 1.165) is 11.3 Å². The standard InChI is InChI=1S/C10H11NO2/c1-6-3-7-8(4-9(6)12)11(2)5-10(7)13/h3-4,10,13H,1,5H2,2H3. The number of carbonyl (C=O) groups is 1. The SMILES string of the molecule is C=C1C=C2C(=CC1=O)N(C)CC2O. The van der Waals surface area contributed by atoms with Crippen LogP contribution < -0.4 is 0 Å². The number of hydrogen-bond acceptors (Lipinski definition) is 3. The Morgan fingerprint density at radius 1 is 1.62 bits per heavy atom. The molecule has 0 aromatic heterocycles. The van der Waals surface area contributed by atoms with Gasteiger partial charge >= 0.3 is 0 Å². The highest BCUT2D eigenvalue weighted by molar-refractivity contribution is 6.08. The second-order valence-corrected chi connectivity index (χ2v) is 3.42. The quantitative estimate of drug-likeness (QED) is 0.539. The Hall–Kier alpha value is -1.35. The zero-order valence-corrected chi connectivity index (χ0v) is 7.45. The summed E-state index contributed by atoms with van der Waals surface area (Å²) in [5.41, 5.74) is 2.09. The van der Waals surface area contributed by atoms with E-state index in [9.17, 15) is 9.90 Å². The molecule has 1 heterocycles. The summed E-state index contributed by atoms with van der Waals surface area (Å²) in [7, 11) is 1.86. The highest BCUT2D eigenvalue weighted by Gasteiger charge is 2.31. The lowest BCUT2D eigenvalue weighted by molar-refractivity contribution is -0.111. The Balaban J connectivity index is 2.47. The van der Waals surface area contributed by atoms with Crippen LogP contribution in [-0.4, -0.2) is 35.5 Å². The van der Waals surface area contributed by atoms with Crippen LogP contribution in [0.2, 0.25) is 0 Å². The Bertz CT molecular complexity index is 318. The van der Waals surface area contributed by atoms with E-state index in [2.05, 4.69) is 6.58 Å². The predicted molar refractivity (Wildman–Crippen MR) is 48.9 cm³/mol. The molecule has 1 unspecified atom stereocenters. The van der Waals surface area contributed by atoms with Gasteiger partial charge in [0.2, 0.25) is 0 Å². The zero-order valence-electron chi connectivity index (χ0n) is 7.45. The van der Waals surface area contributed by atoms with Gasteiger partial charge in [-0.1, -0.05) is 6.58 Å². The largest absolute Gasteiger partial charge is 0.386 e. The summed E-state index contributed by atoms with van der Waals surface area (Å²) in [5, 5.41) is 9.60. The molecule has 3 heteroatoms. The minimum atomic E-state index is -0.485. The third-order valence-electron chi connectivity index (χ3n) is 2.43. The fraction of sp³-hybridized carbons (Fsp3) is 0.300. The van der Waals surface area contributed by atoms with Gasteiger partial charge in [-0.05, 0) is 6.08 Å². The van der Waals surface area contributed by atoms with Crippen LogP contribution in [0.1, 0.15) is 0 Å². The third kappa shape index (κ3) is 1.12. The van der Waals surface area contributed by atoms with Crippen LogP contribution in [0.15, 0.2) is 35.6 Å². The topological polar surface area (TPSA) is 40.5 Å². The smallest absolute Gasteiger partial charge is 0.187 e. The summed E-state index contributed by atoms with van der Waals surface area (Å²) in [6, 6.07) is 0. The maximum atomic E-state index is 11.3. The maximum Gasteiger partial charge on any atom is 0.187 e. The van der Waals surface area contributed by atoms with Crippen LogP contribution in [0, 0.1) is 0 Å². The maximum absolute atomic E-state index is 11.3. The molecule has 0 saturated carbocycles. The van der Waals surface area contributed by atoms with Crippen molar-refractivity contribution in [1.82, 2.24) is 4.90 Å². The third-order valence-corrected chi connectivity index (χ3v) is 2.43. The fourth-order valence-electron chi connectivity index (χ4n) is 1.69. The van der Waals surface area contributed by atoms with Crippen molar-refractivity contribution in [2.75, 3.05) is 13.6 Å². The molecule has 0 amide bonds. The molecule has 1 atom stereocenters. The number of aliphatic hydroxyl groups is 1. The number of carbonyl (C=O) groups excluding carboxylic acids is 1. The van der Waals surface area contributed by atoms with Crippen LogP contribution in [0.3, 0.4) is 0 Å². The summed E-state index contributed by atoms with van der Waals surface area (Å²) < 4.78 is 0. The van der Waals surface area contributed by atoms with E-state index < -0.39 is 6.10 Å². The molecular formula is C10H11NO2. The first kappa shape index (κ1) is 8.26. The molecular weight excluding hydrogens is 166 g/mol. The molecule has 0 bridgehead atoms. The number of β-amino-alcohol motifs (C(OH)–C–C–N with tert-alkyl or cyclic N) is 1. The summed E-state index contributed by atoms with van der Waals surface area (Å²) in [6.45, 7) is 4.17. The first-order valence-corrected chi connectivity index (χ1v) is 4.15. The Morgan fingerprint density at radius 2 is 2.31 bits per heavy atom. The van der Waals surface area contributed by atoms with Gasteiger partial charge in [-0.15, -0.1) is 0 Å². The summed E-state index contributed by atoms with van der Waals surface area (Å²) in [6.07, 6.45) is 2.72. The van der Waals surface area contributed by atoms with E-state index >= 15 is 0 Å². The number of hydrogen-bond donors (Lipinski definition) is 1. The lowest BCUT2D eigenvalue weighted by atomic mass is 9.98. The van der Waals surface area contributed by atoms with Gasteiger partial charge in [0, 0.05) is 36.5 Å². The van der Waals surface area contributed by atoms with Crippen LogP contribution in [0.25, 0.3) is 0 Å². The number of rotatable bonds is 0. The van der Waals surface area contributed by atoms with E-state index in [1.165, 1.54) is 6.08 Å². The van der Waals surface area contributed by atoms with Crippen LogP contribution in [0.5, 0.6) is 0 Å². The lowest BCUT2D eigenvalue weighted by Gasteiger charge is -2.15. The van der Waals surface area contributed by atoms with Gasteiger partial charge in [-0.25, -0.2) is 0 Å². The fourth-order valence-corrected chi connectivity index (χ4v) is 1.69. The van der Waals surface area contributed by atoms with E-state index in [1.807, 2.05) is 11.9 Å². The van der Waals surface area contributed by atoms with Crippen molar-refractivity contribution in [2.24, 2.45) is 0 Å². The molecule has 0 aromatic rings. The van der Waals surface area contributed by atoms with E-state index in [1.54, 1.807) is 6.08 Å². The normalized spacial score (nSPS) is 27.2. The van der Waals surface area contributed by atoms with Gasteiger partial charge in [-0.3, -0.25) is 4.79 Å². The highest BCUT2D eigenvalue weighted by Crippen LogP contribution is 2.30. The van der Waals surface area contributed by atoms with Gasteiger partial charge < -0.3 is 10.0 Å². The molecule has 1 N–H and O–H groups in total. The van der Waals surface area contributed by atoms with Crippen LogP contribution in [-0.2, 0) is 4.79 Å². The molecule has 2 rings (SSSR count). The number of likely N-dealkylation sites (N-methyl/N-ethyl adjacent to an activating group) is 1. The van der Waals surface area contributed by atoms with Crippen molar-refractivity contribution in [3.8, 4) is 0 Å². The molecule has 1 aliphatic carbocycles. The van der Waals surface area contributed by atoms with Crippen molar-refractivity contribution in [3.05, 3.63) is 35.6 Å². The first-order chi connectivity index (χ1) is 6.09. The van der Waals surface area contributed by atoms with Gasteiger partial charge in [0.15, 0.2) is 5.78 Å². The van der Waals surface area contributed by atoms with Crippen LogP contribution >= 0.6 is 0 Å². The number of ketones is 1. The molecule has 68 valence electrons. The lowest BCUT2D eigenvalue weighted by Crippen LogP contribution is -2.15. The van der Waals surface area contributed by atoms with Gasteiger partial charge in [0.05, 0.1) is 6.10 Å². The Kier molecular flexibility index (Phi) is 1.63. The molecule has 1 saturated heterocycles. The van der Waals surface area contributed by atoms with E-state index in [4.69, 9.17) is 0 Å². The van der Waals surface area contributed by atoms with Crippen molar-refractivity contribution >= 4 is 5.78 Å². The molecule has 1 aliphatic heterocycles. The molecule has 2 aliphatic rings. The number of fused-ring (bicyclic) bond motifs is 1. The van der Waals surface area contributed by atoms with Crippen molar-refractivity contribution in [1.29, 1.82) is 0 Å². The Morgan fingerprint density at radius 3 is 3.00 bits per heavy atom. The van der Waals surface area contributed by atoms with E-state index in [0.29, 0.717) is 12.1 Å². The Labute approximate surface area is 76.7 Å². The summed E-state index contributed by atoms with van der Waals surface area (Å²) in [4.78, 5) is 13.1. The molecule has 1 fully saturated rings. The first-order valence-electron chi connectivity index (χ1n) is 4.15. The summed E-state index contributed by atoms with van der Waals surface area (Å²) >= 11 is 0. The summed E-state index contributed by atoms with van der Waals surface area (Å²) in [5.74, 6) is -0.0697. The van der Waals surface area contributed by atoms with Crippen LogP contribution in [0.4, 0.5) is 0 Å². The van der Waals surface area contributed by atoms with Crippen molar-refractivity contribution < 1.29 is 9.90 Å². The second-order valence-electron chi connectivity index (χ2n) is 3.42. The van der Waals surface area contributed by atoms with E-state index in [-0.39, 0.29) is 5.78 Å². The number of nitrogens with zero attached hydrogens (tertiary/aromatic N) is 1. The molecule has 3 nitrogen and oxygen atoms in total. The number of aliphatic hydroxyl groups excluding tert-OH is 1. The highest BCUT2D eigenvalue weighted by atomic mass is 16.3. The number of allylic oxidation sites excluding steroid dienone is 3. The minimum Gasteiger partial charge on any atom is -0.386 e. The zero-order chi connectivity index (χ0) is 9.59. The van der Waals surface area contributed by atoms with Gasteiger partial charge in [-0.2, -0.15) is 0 Å². The average Bonchev–Trinajstić information content (AvgIpc) is 2.31. The van der Waals surface area contributed by atoms with Gasteiger partial charge in [0.25, 0.3) is 0 Å². The number of likely N-dealkylation sites (tertiary alicyclic amines) is 1. The van der Waals surface area contributed by atoms with Crippen molar-refractivity contribution in [3.63, 3.8) is 0 Å². The van der Waals surface area contributed by atoms with Crippen molar-refractivity contribution in [2.45, 2.75) is 6.10 Å². The minimum absolute atomic E-state index is 0.0697. The predicted octanol–water partition coefficient (Wildman–Crippen LogP) is 0.242. The molecule has 13 heavy (non-hydrogen) atoms. The molecule has 0 spiro atoms.